The summed E-state index contributed by atoms with van der Waals surface area (Å²) >= 11 is 0. The molecule has 1 N–H and O–H groups in total. The number of alkyl halides is 3. The number of fused-ring (bicyclic) bond motifs is 1. The van der Waals surface area contributed by atoms with E-state index in [0.717, 1.165) is 23.3 Å². The Hall–Kier alpha value is -2.25. The maximum absolute atomic E-state index is 12.5. The fourth-order valence-corrected chi connectivity index (χ4v) is 4.55. The Morgan fingerprint density at radius 2 is 1.71 bits per heavy atom. The summed E-state index contributed by atoms with van der Waals surface area (Å²) in [7, 11) is 1.97. The summed E-state index contributed by atoms with van der Waals surface area (Å²) < 4.78 is 47.0. The Bertz CT molecular complexity index is 875. The van der Waals surface area contributed by atoms with Crippen LogP contribution in [0.15, 0.2) is 42.5 Å². The second kappa shape index (κ2) is 6.39. The van der Waals surface area contributed by atoms with Crippen LogP contribution in [0.25, 0.3) is 0 Å². The van der Waals surface area contributed by atoms with Crippen LogP contribution >= 0.6 is 0 Å². The van der Waals surface area contributed by atoms with Gasteiger partial charge in [-0.15, -0.1) is 13.2 Å². The number of benzene rings is 2. The first-order valence-corrected chi connectivity index (χ1v) is 9.14. The summed E-state index contributed by atoms with van der Waals surface area (Å²) in [6, 6.07) is 11.2. The van der Waals surface area contributed by atoms with Crippen LogP contribution in [0, 0.1) is 5.41 Å². The summed E-state index contributed by atoms with van der Waals surface area (Å²) in [6.45, 7) is 3.94. The number of ether oxygens (including phenoxy) is 2. The molecule has 2 aromatic rings. The van der Waals surface area contributed by atoms with Crippen LogP contribution in [0.3, 0.4) is 0 Å². The molecule has 1 atom stereocenters. The third kappa shape index (κ3) is 3.12. The number of likely N-dealkylation sites (tertiary alicyclic amines) is 1. The van der Waals surface area contributed by atoms with Crippen LogP contribution in [0.5, 0.6) is 11.5 Å². The van der Waals surface area contributed by atoms with Gasteiger partial charge in [0.25, 0.3) is 0 Å². The lowest BCUT2D eigenvalue weighted by Gasteiger charge is -2.56. The standard InChI is InChI=1S/C21H22F3NO3/c1-19(12-25(2)13-19)20(26,16-5-8-18-14(11-16)9-10-27-18)15-3-6-17(7-4-15)28-21(22,23)24/h3-8,11,26H,9-10,12-13H2,1-2H3/t20-/m1/s1. The van der Waals surface area contributed by atoms with Crippen molar-refractivity contribution >= 4 is 0 Å². The number of aliphatic hydroxyl groups is 1. The number of hydrogen-bond acceptors (Lipinski definition) is 4. The largest absolute Gasteiger partial charge is 0.573 e. The molecule has 0 saturated carbocycles. The molecule has 0 aliphatic carbocycles. The molecular weight excluding hydrogens is 371 g/mol. The monoisotopic (exact) mass is 393 g/mol. The molecule has 1 saturated heterocycles. The van der Waals surface area contributed by atoms with E-state index in [2.05, 4.69) is 9.64 Å². The van der Waals surface area contributed by atoms with Gasteiger partial charge in [-0.3, -0.25) is 0 Å². The molecule has 7 heteroatoms. The zero-order valence-corrected chi connectivity index (χ0v) is 15.7. The Balaban J connectivity index is 1.76. The van der Waals surface area contributed by atoms with Crippen molar-refractivity contribution in [3.8, 4) is 11.5 Å². The van der Waals surface area contributed by atoms with Gasteiger partial charge in [-0.1, -0.05) is 25.1 Å². The van der Waals surface area contributed by atoms with Crippen LogP contribution in [0.2, 0.25) is 0 Å². The first-order valence-electron chi connectivity index (χ1n) is 9.14. The minimum absolute atomic E-state index is 0.308. The maximum Gasteiger partial charge on any atom is 0.573 e. The topological polar surface area (TPSA) is 41.9 Å². The van der Waals surface area contributed by atoms with Crippen LogP contribution in [0.4, 0.5) is 13.2 Å². The molecule has 1 fully saturated rings. The lowest BCUT2D eigenvalue weighted by Crippen LogP contribution is -2.63. The SMILES string of the molecule is CN1CC(C)([C@@](O)(c2ccc(OC(F)(F)F)cc2)c2ccc3c(c2)CCO3)C1. The Labute approximate surface area is 161 Å². The molecule has 0 amide bonds. The smallest absolute Gasteiger partial charge is 0.493 e. The minimum Gasteiger partial charge on any atom is -0.493 e. The van der Waals surface area contributed by atoms with Crippen molar-refractivity contribution in [2.75, 3.05) is 26.7 Å². The van der Waals surface area contributed by atoms with Crippen molar-refractivity contribution in [2.24, 2.45) is 5.41 Å². The lowest BCUT2D eigenvalue weighted by molar-refractivity contribution is -0.274. The fourth-order valence-electron chi connectivity index (χ4n) is 4.55. The van der Waals surface area contributed by atoms with Gasteiger partial charge in [-0.25, -0.2) is 0 Å². The van der Waals surface area contributed by atoms with E-state index in [1.807, 2.05) is 32.2 Å². The van der Waals surface area contributed by atoms with Crippen molar-refractivity contribution in [3.05, 3.63) is 59.2 Å². The highest BCUT2D eigenvalue weighted by atomic mass is 19.4. The zero-order valence-electron chi connectivity index (χ0n) is 15.7. The molecule has 2 aromatic carbocycles. The van der Waals surface area contributed by atoms with Gasteiger partial charge in [-0.05, 0) is 48.0 Å². The van der Waals surface area contributed by atoms with E-state index in [0.29, 0.717) is 25.3 Å². The van der Waals surface area contributed by atoms with E-state index in [9.17, 15) is 18.3 Å². The maximum atomic E-state index is 12.5. The highest BCUT2D eigenvalue weighted by Crippen LogP contribution is 2.51. The molecule has 2 aliphatic rings. The molecule has 0 unspecified atom stereocenters. The predicted molar refractivity (Wildman–Crippen MR) is 97.4 cm³/mol. The van der Waals surface area contributed by atoms with E-state index in [1.165, 1.54) is 24.3 Å². The highest BCUT2D eigenvalue weighted by Gasteiger charge is 2.55. The summed E-state index contributed by atoms with van der Waals surface area (Å²) in [5.74, 6) is 0.507. The van der Waals surface area contributed by atoms with Gasteiger partial charge in [0, 0.05) is 24.9 Å². The number of nitrogens with zero attached hydrogens (tertiary/aromatic N) is 1. The predicted octanol–water partition coefficient (Wildman–Crippen LogP) is 3.71. The molecule has 0 aromatic heterocycles. The van der Waals surface area contributed by atoms with E-state index < -0.39 is 17.4 Å². The zero-order chi connectivity index (χ0) is 20.2. The van der Waals surface area contributed by atoms with Gasteiger partial charge in [0.15, 0.2) is 0 Å². The van der Waals surface area contributed by atoms with Gasteiger partial charge >= 0.3 is 6.36 Å². The molecule has 0 spiro atoms. The van der Waals surface area contributed by atoms with Crippen LogP contribution in [-0.4, -0.2) is 43.1 Å². The molecule has 0 bridgehead atoms. The van der Waals surface area contributed by atoms with Crippen molar-refractivity contribution in [1.82, 2.24) is 4.90 Å². The average molecular weight is 393 g/mol. The van der Waals surface area contributed by atoms with Gasteiger partial charge in [0.2, 0.25) is 0 Å². The van der Waals surface area contributed by atoms with Crippen molar-refractivity contribution < 1.29 is 27.8 Å². The molecule has 2 aliphatic heterocycles. The molecule has 0 radical (unpaired) electrons. The van der Waals surface area contributed by atoms with E-state index in [-0.39, 0.29) is 5.75 Å². The van der Waals surface area contributed by atoms with Crippen LogP contribution in [0.1, 0.15) is 23.6 Å². The Kier molecular flexibility index (Phi) is 4.35. The first kappa shape index (κ1) is 19.1. The number of rotatable bonds is 4. The Morgan fingerprint density at radius 3 is 2.32 bits per heavy atom. The summed E-state index contributed by atoms with van der Waals surface area (Å²) in [4.78, 5) is 2.10. The van der Waals surface area contributed by atoms with Crippen LogP contribution in [-0.2, 0) is 12.0 Å². The van der Waals surface area contributed by atoms with Gasteiger partial charge in [0.05, 0.1) is 6.61 Å². The summed E-state index contributed by atoms with van der Waals surface area (Å²) in [5.41, 5.74) is 0.452. The van der Waals surface area contributed by atoms with Crippen LogP contribution < -0.4 is 9.47 Å². The third-order valence-electron chi connectivity index (χ3n) is 5.72. The third-order valence-corrected chi connectivity index (χ3v) is 5.72. The fraction of sp³-hybridized carbons (Fsp3) is 0.429. The van der Waals surface area contributed by atoms with E-state index >= 15 is 0 Å². The van der Waals surface area contributed by atoms with Gasteiger partial charge < -0.3 is 19.5 Å². The van der Waals surface area contributed by atoms with E-state index in [1.54, 1.807) is 0 Å². The summed E-state index contributed by atoms with van der Waals surface area (Å²) in [5, 5.41) is 12.0. The second-order valence-corrected chi connectivity index (χ2v) is 7.94. The average Bonchev–Trinajstić information content (AvgIpc) is 3.06. The minimum atomic E-state index is -4.75. The van der Waals surface area contributed by atoms with Gasteiger partial charge in [0.1, 0.15) is 17.1 Å². The van der Waals surface area contributed by atoms with Crippen molar-refractivity contribution in [1.29, 1.82) is 0 Å². The number of halogens is 3. The molecule has 4 nitrogen and oxygen atoms in total. The van der Waals surface area contributed by atoms with Gasteiger partial charge in [-0.2, -0.15) is 0 Å². The van der Waals surface area contributed by atoms with E-state index in [4.69, 9.17) is 4.74 Å². The summed E-state index contributed by atoms with van der Waals surface area (Å²) in [6.07, 6.45) is -3.98. The second-order valence-electron chi connectivity index (χ2n) is 7.94. The normalized spacial score (nSPS) is 20.6. The highest BCUT2D eigenvalue weighted by molar-refractivity contribution is 5.48. The molecular formula is C21H22F3NO3. The van der Waals surface area contributed by atoms with Crippen molar-refractivity contribution in [2.45, 2.75) is 25.3 Å². The number of hydrogen-bond donors (Lipinski definition) is 1. The Morgan fingerprint density at radius 1 is 1.07 bits per heavy atom. The molecule has 28 heavy (non-hydrogen) atoms. The quantitative estimate of drug-likeness (QED) is 0.860. The van der Waals surface area contributed by atoms with Crippen molar-refractivity contribution in [3.63, 3.8) is 0 Å². The molecule has 4 rings (SSSR count). The lowest BCUT2D eigenvalue weighted by atomic mass is 9.62. The first-order chi connectivity index (χ1) is 13.1. The molecule has 2 heterocycles. The molecule has 150 valence electrons.